The fourth-order valence-corrected chi connectivity index (χ4v) is 2.80. The molecular formula is C17H32N2O4. The number of rotatable bonds is 7. The third-order valence-corrected chi connectivity index (χ3v) is 4.00. The van der Waals surface area contributed by atoms with E-state index in [-0.39, 0.29) is 0 Å². The average Bonchev–Trinajstić information content (AvgIpc) is 2.76. The number of carbonyl (C=O) groups is 2. The van der Waals surface area contributed by atoms with Gasteiger partial charge in [0.2, 0.25) is 0 Å². The van der Waals surface area contributed by atoms with Crippen LogP contribution in [0.4, 0.5) is 4.79 Å². The third-order valence-electron chi connectivity index (χ3n) is 4.00. The van der Waals surface area contributed by atoms with E-state index in [2.05, 4.69) is 24.1 Å². The number of carbonyl (C=O) groups excluding carboxylic acids is 1. The van der Waals surface area contributed by atoms with E-state index < -0.39 is 23.2 Å². The maximum Gasteiger partial charge on any atom is 0.408 e. The summed E-state index contributed by atoms with van der Waals surface area (Å²) in [5.41, 5.74) is -1.88. The standard InChI is InChI=1S/C17H32N2O4/c1-13(2)8-6-7-10-19-11-9-17(12-19,14(20)21)18-15(22)23-16(3,4)5/h13H,6-12H2,1-5H3,(H,18,22)(H,20,21)/t17-/m0/s1. The number of nitrogens with one attached hydrogen (secondary N) is 1. The minimum Gasteiger partial charge on any atom is -0.479 e. The summed E-state index contributed by atoms with van der Waals surface area (Å²) in [4.78, 5) is 25.8. The Morgan fingerprint density at radius 2 is 1.96 bits per heavy atom. The number of alkyl carbamates (subject to hydrolysis) is 1. The highest BCUT2D eigenvalue weighted by atomic mass is 16.6. The quantitative estimate of drug-likeness (QED) is 0.703. The van der Waals surface area contributed by atoms with Crippen molar-refractivity contribution >= 4 is 12.1 Å². The van der Waals surface area contributed by atoms with Gasteiger partial charge >= 0.3 is 12.1 Å². The molecular weight excluding hydrogens is 296 g/mol. The number of ether oxygens (including phenoxy) is 1. The molecule has 1 heterocycles. The summed E-state index contributed by atoms with van der Waals surface area (Å²) in [6.45, 7) is 11.6. The zero-order valence-electron chi connectivity index (χ0n) is 15.1. The van der Waals surface area contributed by atoms with Gasteiger partial charge in [0.1, 0.15) is 5.60 Å². The van der Waals surface area contributed by atoms with Crippen molar-refractivity contribution in [3.63, 3.8) is 0 Å². The molecule has 0 aromatic rings. The van der Waals surface area contributed by atoms with Gasteiger partial charge in [-0.1, -0.05) is 26.7 Å². The lowest BCUT2D eigenvalue weighted by molar-refractivity contribution is -0.144. The predicted molar refractivity (Wildman–Crippen MR) is 89.5 cm³/mol. The second-order valence-corrected chi connectivity index (χ2v) is 7.93. The summed E-state index contributed by atoms with van der Waals surface area (Å²) >= 11 is 0. The first kappa shape index (κ1) is 19.7. The summed E-state index contributed by atoms with van der Waals surface area (Å²) in [7, 11) is 0. The van der Waals surface area contributed by atoms with Gasteiger partial charge in [0.25, 0.3) is 0 Å². The van der Waals surface area contributed by atoms with Crippen LogP contribution in [-0.2, 0) is 9.53 Å². The van der Waals surface area contributed by atoms with Crippen molar-refractivity contribution in [2.24, 2.45) is 5.92 Å². The molecule has 0 aliphatic carbocycles. The molecule has 0 unspecified atom stereocenters. The van der Waals surface area contributed by atoms with Crippen LogP contribution >= 0.6 is 0 Å². The molecule has 23 heavy (non-hydrogen) atoms. The Balaban J connectivity index is 2.53. The highest BCUT2D eigenvalue weighted by Crippen LogP contribution is 2.23. The highest BCUT2D eigenvalue weighted by molar-refractivity contribution is 5.85. The van der Waals surface area contributed by atoms with Crippen molar-refractivity contribution in [2.45, 2.75) is 71.4 Å². The number of amides is 1. The summed E-state index contributed by atoms with van der Waals surface area (Å²) in [6, 6.07) is 0. The van der Waals surface area contributed by atoms with Crippen molar-refractivity contribution in [2.75, 3.05) is 19.6 Å². The molecule has 0 spiro atoms. The number of likely N-dealkylation sites (tertiary alicyclic amines) is 1. The molecule has 1 atom stereocenters. The van der Waals surface area contributed by atoms with Gasteiger partial charge in [-0.05, 0) is 46.1 Å². The van der Waals surface area contributed by atoms with Crippen LogP contribution < -0.4 is 5.32 Å². The van der Waals surface area contributed by atoms with Gasteiger partial charge in [0, 0.05) is 13.1 Å². The molecule has 1 amide bonds. The molecule has 6 heteroatoms. The van der Waals surface area contributed by atoms with Crippen LogP contribution in [-0.4, -0.2) is 52.8 Å². The smallest absolute Gasteiger partial charge is 0.408 e. The van der Waals surface area contributed by atoms with E-state index in [4.69, 9.17) is 4.74 Å². The molecule has 1 aliphatic rings. The summed E-state index contributed by atoms with van der Waals surface area (Å²) in [5.74, 6) is -0.298. The van der Waals surface area contributed by atoms with Gasteiger partial charge < -0.3 is 20.1 Å². The van der Waals surface area contributed by atoms with Crippen LogP contribution in [0.2, 0.25) is 0 Å². The van der Waals surface area contributed by atoms with Gasteiger partial charge in [0.05, 0.1) is 0 Å². The maximum atomic E-state index is 12.0. The van der Waals surface area contributed by atoms with Gasteiger partial charge in [-0.3, -0.25) is 0 Å². The molecule has 6 nitrogen and oxygen atoms in total. The molecule has 1 aliphatic heterocycles. The number of nitrogens with zero attached hydrogens (tertiary/aromatic N) is 1. The molecule has 1 rings (SSSR count). The largest absolute Gasteiger partial charge is 0.479 e. The van der Waals surface area contributed by atoms with E-state index in [0.29, 0.717) is 25.4 Å². The van der Waals surface area contributed by atoms with E-state index in [1.807, 2.05) is 0 Å². The van der Waals surface area contributed by atoms with E-state index in [1.165, 1.54) is 6.42 Å². The Morgan fingerprint density at radius 1 is 1.30 bits per heavy atom. The topological polar surface area (TPSA) is 78.9 Å². The van der Waals surface area contributed by atoms with Gasteiger partial charge in [-0.25, -0.2) is 9.59 Å². The Bertz CT molecular complexity index is 417. The molecule has 2 N–H and O–H groups in total. The Kier molecular flexibility index (Phi) is 6.86. The minimum atomic E-state index is -1.24. The predicted octanol–water partition coefficient (Wildman–Crippen LogP) is 2.87. The molecule has 0 aromatic carbocycles. The number of hydrogen-bond acceptors (Lipinski definition) is 4. The van der Waals surface area contributed by atoms with Crippen molar-refractivity contribution in [1.82, 2.24) is 10.2 Å². The second kappa shape index (κ2) is 7.99. The Labute approximate surface area is 139 Å². The van der Waals surface area contributed by atoms with E-state index in [0.717, 1.165) is 19.4 Å². The number of hydrogen-bond donors (Lipinski definition) is 2. The molecule has 1 fully saturated rings. The molecule has 134 valence electrons. The minimum absolute atomic E-state index is 0.337. The van der Waals surface area contributed by atoms with Crippen LogP contribution in [0.5, 0.6) is 0 Å². The first-order chi connectivity index (χ1) is 10.5. The van der Waals surface area contributed by atoms with Gasteiger partial charge in [-0.15, -0.1) is 0 Å². The lowest BCUT2D eigenvalue weighted by Gasteiger charge is -2.28. The molecule has 0 aromatic heterocycles. The summed E-state index contributed by atoms with van der Waals surface area (Å²) in [6.07, 6.45) is 3.13. The first-order valence-corrected chi connectivity index (χ1v) is 8.51. The molecule has 0 bridgehead atoms. The Hall–Kier alpha value is -1.30. The maximum absolute atomic E-state index is 12.0. The van der Waals surface area contributed by atoms with Crippen molar-refractivity contribution in [3.05, 3.63) is 0 Å². The lowest BCUT2D eigenvalue weighted by atomic mass is 9.99. The fraction of sp³-hybridized carbons (Fsp3) is 0.882. The second-order valence-electron chi connectivity index (χ2n) is 7.93. The third kappa shape index (κ3) is 6.77. The Morgan fingerprint density at radius 3 is 2.48 bits per heavy atom. The monoisotopic (exact) mass is 328 g/mol. The van der Waals surface area contributed by atoms with E-state index in [1.54, 1.807) is 20.8 Å². The number of carboxylic acids is 1. The lowest BCUT2D eigenvalue weighted by Crippen LogP contribution is -2.57. The van der Waals surface area contributed by atoms with Gasteiger partial charge in [0.15, 0.2) is 5.54 Å². The van der Waals surface area contributed by atoms with Crippen molar-refractivity contribution in [3.8, 4) is 0 Å². The van der Waals surface area contributed by atoms with Crippen LogP contribution in [0.1, 0.15) is 60.3 Å². The average molecular weight is 328 g/mol. The fourth-order valence-electron chi connectivity index (χ4n) is 2.80. The van der Waals surface area contributed by atoms with Crippen molar-refractivity contribution < 1.29 is 19.4 Å². The zero-order chi connectivity index (χ0) is 17.7. The van der Waals surface area contributed by atoms with Crippen LogP contribution in [0.25, 0.3) is 0 Å². The van der Waals surface area contributed by atoms with Gasteiger partial charge in [-0.2, -0.15) is 0 Å². The van der Waals surface area contributed by atoms with E-state index in [9.17, 15) is 14.7 Å². The molecule has 0 radical (unpaired) electrons. The zero-order valence-corrected chi connectivity index (χ0v) is 15.1. The van der Waals surface area contributed by atoms with E-state index >= 15 is 0 Å². The first-order valence-electron chi connectivity index (χ1n) is 8.51. The van der Waals surface area contributed by atoms with Crippen LogP contribution in [0, 0.1) is 5.92 Å². The molecule has 0 saturated carbocycles. The normalized spacial score (nSPS) is 22.3. The highest BCUT2D eigenvalue weighted by Gasteiger charge is 2.46. The van der Waals surface area contributed by atoms with Crippen LogP contribution in [0.15, 0.2) is 0 Å². The summed E-state index contributed by atoms with van der Waals surface area (Å²) in [5, 5.41) is 12.2. The van der Waals surface area contributed by atoms with Crippen LogP contribution in [0.3, 0.4) is 0 Å². The number of unbranched alkanes of at least 4 members (excludes halogenated alkanes) is 1. The molecule has 1 saturated heterocycles. The number of carboxylic acid groups (broad SMARTS) is 1. The SMILES string of the molecule is CC(C)CCCCN1CC[C@@](NC(=O)OC(C)(C)C)(C(=O)O)C1. The number of aliphatic carboxylic acids is 1. The van der Waals surface area contributed by atoms with Crippen molar-refractivity contribution in [1.29, 1.82) is 0 Å². The summed E-state index contributed by atoms with van der Waals surface area (Å²) < 4.78 is 5.20.